The summed E-state index contributed by atoms with van der Waals surface area (Å²) in [4.78, 5) is 50.4. The second-order valence-electron chi connectivity index (χ2n) is 6.95. The van der Waals surface area contributed by atoms with E-state index in [1.165, 1.54) is 12.1 Å². The summed E-state index contributed by atoms with van der Waals surface area (Å²) in [7, 11) is 0. The minimum atomic E-state index is -0.652. The molecule has 1 aromatic carbocycles. The number of carbonyl (C=O) groups is 3. The summed E-state index contributed by atoms with van der Waals surface area (Å²) in [5.74, 6) is -0.613. The molecule has 0 saturated carbocycles. The second-order valence-corrected chi connectivity index (χ2v) is 6.95. The van der Waals surface area contributed by atoms with Crippen molar-refractivity contribution in [3.63, 3.8) is 0 Å². The first-order chi connectivity index (χ1) is 12.5. The molecular formula is C18H17N3O5. The van der Waals surface area contributed by atoms with E-state index in [9.17, 15) is 24.5 Å². The molecule has 1 aromatic rings. The van der Waals surface area contributed by atoms with E-state index in [2.05, 4.69) is 12.2 Å². The summed E-state index contributed by atoms with van der Waals surface area (Å²) < 4.78 is 0. The summed E-state index contributed by atoms with van der Waals surface area (Å²) >= 11 is 0. The van der Waals surface area contributed by atoms with Crippen molar-refractivity contribution in [3.8, 4) is 0 Å². The SMILES string of the molecule is O=C(CN1C(=O)c2ccc([N+](=O)[O-])cc2C1=O)N1CC2CC=CCC2C1. The molecule has 0 N–H and O–H groups in total. The van der Waals surface area contributed by atoms with Gasteiger partial charge in [-0.3, -0.25) is 29.4 Å². The molecule has 4 rings (SSSR count). The zero-order valence-corrected chi connectivity index (χ0v) is 14.0. The van der Waals surface area contributed by atoms with Gasteiger partial charge in [0.2, 0.25) is 5.91 Å². The third kappa shape index (κ3) is 2.58. The fraction of sp³-hybridized carbons (Fsp3) is 0.389. The summed E-state index contributed by atoms with van der Waals surface area (Å²) in [6.07, 6.45) is 6.16. The normalized spacial score (nSPS) is 24.0. The van der Waals surface area contributed by atoms with Crippen LogP contribution < -0.4 is 0 Å². The van der Waals surface area contributed by atoms with Crippen molar-refractivity contribution < 1.29 is 19.3 Å². The maximum atomic E-state index is 12.6. The highest BCUT2D eigenvalue weighted by molar-refractivity contribution is 6.22. The first kappa shape index (κ1) is 16.4. The minimum absolute atomic E-state index is 0.0173. The number of imide groups is 1. The third-order valence-electron chi connectivity index (χ3n) is 5.43. The molecule has 134 valence electrons. The predicted molar refractivity (Wildman–Crippen MR) is 90.4 cm³/mol. The van der Waals surface area contributed by atoms with Crippen LogP contribution in [0.25, 0.3) is 0 Å². The smallest absolute Gasteiger partial charge is 0.270 e. The van der Waals surface area contributed by atoms with Crippen LogP contribution >= 0.6 is 0 Å². The number of hydrogen-bond acceptors (Lipinski definition) is 5. The van der Waals surface area contributed by atoms with E-state index in [-0.39, 0.29) is 29.3 Å². The van der Waals surface area contributed by atoms with Crippen LogP contribution in [0.4, 0.5) is 5.69 Å². The molecule has 1 aliphatic carbocycles. The van der Waals surface area contributed by atoms with Crippen molar-refractivity contribution in [1.82, 2.24) is 9.80 Å². The van der Waals surface area contributed by atoms with Gasteiger partial charge < -0.3 is 4.90 Å². The molecule has 0 radical (unpaired) electrons. The van der Waals surface area contributed by atoms with Crippen LogP contribution in [-0.4, -0.2) is 52.1 Å². The van der Waals surface area contributed by atoms with Gasteiger partial charge in [-0.2, -0.15) is 0 Å². The monoisotopic (exact) mass is 355 g/mol. The molecule has 1 saturated heterocycles. The summed E-state index contributed by atoms with van der Waals surface area (Å²) in [5, 5.41) is 10.9. The average molecular weight is 355 g/mol. The Hall–Kier alpha value is -3.03. The Morgan fingerprint density at radius 2 is 1.69 bits per heavy atom. The number of nitrogens with zero attached hydrogens (tertiary/aromatic N) is 3. The number of hydrogen-bond donors (Lipinski definition) is 0. The van der Waals surface area contributed by atoms with Crippen LogP contribution in [-0.2, 0) is 4.79 Å². The molecule has 3 amide bonds. The first-order valence-corrected chi connectivity index (χ1v) is 8.53. The number of fused-ring (bicyclic) bond motifs is 2. The Balaban J connectivity index is 1.49. The lowest BCUT2D eigenvalue weighted by Gasteiger charge is -2.20. The molecule has 2 unspecified atom stereocenters. The Labute approximate surface area is 149 Å². The number of non-ortho nitro benzene ring substituents is 1. The van der Waals surface area contributed by atoms with Gasteiger partial charge in [0.25, 0.3) is 17.5 Å². The molecule has 2 aliphatic heterocycles. The van der Waals surface area contributed by atoms with Crippen LogP contribution in [0, 0.1) is 22.0 Å². The van der Waals surface area contributed by atoms with E-state index in [0.717, 1.165) is 23.8 Å². The molecule has 2 heterocycles. The molecule has 0 bridgehead atoms. The van der Waals surface area contributed by atoms with Gasteiger partial charge in [0, 0.05) is 25.2 Å². The molecule has 2 atom stereocenters. The van der Waals surface area contributed by atoms with Crippen LogP contribution in [0.15, 0.2) is 30.4 Å². The van der Waals surface area contributed by atoms with Crippen LogP contribution in [0.5, 0.6) is 0 Å². The number of amides is 3. The summed E-state index contributed by atoms with van der Waals surface area (Å²) in [6, 6.07) is 3.55. The molecule has 8 heteroatoms. The van der Waals surface area contributed by atoms with Crippen LogP contribution in [0.2, 0.25) is 0 Å². The highest BCUT2D eigenvalue weighted by atomic mass is 16.6. The topological polar surface area (TPSA) is 101 Å². The maximum Gasteiger partial charge on any atom is 0.270 e. The van der Waals surface area contributed by atoms with Gasteiger partial charge in [0.15, 0.2) is 0 Å². The first-order valence-electron chi connectivity index (χ1n) is 8.53. The van der Waals surface area contributed by atoms with Crippen molar-refractivity contribution >= 4 is 23.4 Å². The van der Waals surface area contributed by atoms with Crippen molar-refractivity contribution in [1.29, 1.82) is 0 Å². The van der Waals surface area contributed by atoms with Crippen LogP contribution in [0.1, 0.15) is 33.6 Å². The van der Waals surface area contributed by atoms with Crippen molar-refractivity contribution in [3.05, 3.63) is 51.6 Å². The number of nitro benzene ring substituents is 1. The molecular weight excluding hydrogens is 338 g/mol. The molecule has 3 aliphatic rings. The van der Waals surface area contributed by atoms with Crippen molar-refractivity contribution in [2.45, 2.75) is 12.8 Å². The molecule has 26 heavy (non-hydrogen) atoms. The second kappa shape index (κ2) is 6.05. The highest BCUT2D eigenvalue weighted by Gasteiger charge is 2.40. The van der Waals surface area contributed by atoms with Gasteiger partial charge in [0.05, 0.1) is 16.1 Å². The highest BCUT2D eigenvalue weighted by Crippen LogP contribution is 2.33. The average Bonchev–Trinajstić information content (AvgIpc) is 3.17. The Bertz CT molecular complexity index is 846. The molecule has 0 spiro atoms. The van der Waals surface area contributed by atoms with Crippen molar-refractivity contribution in [2.24, 2.45) is 11.8 Å². The number of rotatable bonds is 3. The van der Waals surface area contributed by atoms with Gasteiger partial charge in [-0.15, -0.1) is 0 Å². The standard InChI is InChI=1S/C18H17N3O5/c22-16(19-8-11-3-1-2-4-12(11)9-19)10-20-17(23)14-6-5-13(21(25)26)7-15(14)18(20)24/h1-2,5-7,11-12H,3-4,8-10H2. The Morgan fingerprint density at radius 3 is 2.31 bits per heavy atom. The van der Waals surface area contributed by atoms with Crippen LogP contribution in [0.3, 0.4) is 0 Å². The number of benzene rings is 1. The zero-order valence-electron chi connectivity index (χ0n) is 14.0. The predicted octanol–water partition coefficient (Wildman–Crippen LogP) is 1.62. The van der Waals surface area contributed by atoms with Gasteiger partial charge >= 0.3 is 0 Å². The van der Waals surface area contributed by atoms with Crippen molar-refractivity contribution in [2.75, 3.05) is 19.6 Å². The fourth-order valence-corrected chi connectivity index (χ4v) is 3.99. The van der Waals surface area contributed by atoms with Gasteiger partial charge in [-0.25, -0.2) is 0 Å². The quantitative estimate of drug-likeness (QED) is 0.355. The van der Waals surface area contributed by atoms with Gasteiger partial charge in [-0.05, 0) is 30.7 Å². The van der Waals surface area contributed by atoms with E-state index in [1.807, 2.05) is 0 Å². The van der Waals surface area contributed by atoms with E-state index in [1.54, 1.807) is 4.90 Å². The minimum Gasteiger partial charge on any atom is -0.341 e. The molecule has 1 fully saturated rings. The van der Waals surface area contributed by atoms with E-state index in [0.29, 0.717) is 24.9 Å². The van der Waals surface area contributed by atoms with E-state index in [4.69, 9.17) is 0 Å². The Kier molecular flexibility index (Phi) is 3.82. The Morgan fingerprint density at radius 1 is 1.08 bits per heavy atom. The zero-order chi connectivity index (χ0) is 18.4. The van der Waals surface area contributed by atoms with Gasteiger partial charge in [0.1, 0.15) is 6.54 Å². The summed E-state index contributed by atoms with van der Waals surface area (Å²) in [5.41, 5.74) is -0.168. The number of carbonyl (C=O) groups excluding carboxylic acids is 3. The molecule has 8 nitrogen and oxygen atoms in total. The number of likely N-dealkylation sites (tertiary alicyclic amines) is 1. The van der Waals surface area contributed by atoms with Gasteiger partial charge in [-0.1, -0.05) is 12.2 Å². The lowest BCUT2D eigenvalue weighted by molar-refractivity contribution is -0.384. The van der Waals surface area contributed by atoms with E-state index < -0.39 is 16.7 Å². The number of nitro groups is 1. The number of allylic oxidation sites excluding steroid dienone is 2. The largest absolute Gasteiger partial charge is 0.341 e. The summed E-state index contributed by atoms with van der Waals surface area (Å²) in [6.45, 7) is 0.956. The third-order valence-corrected chi connectivity index (χ3v) is 5.43. The molecule has 0 aromatic heterocycles. The lowest BCUT2D eigenvalue weighted by atomic mass is 9.86. The lowest BCUT2D eigenvalue weighted by Crippen LogP contribution is -2.42. The maximum absolute atomic E-state index is 12.6. The fourth-order valence-electron chi connectivity index (χ4n) is 3.99. The van der Waals surface area contributed by atoms with E-state index >= 15 is 0 Å².